The van der Waals surface area contributed by atoms with Crippen molar-refractivity contribution in [2.45, 2.75) is 20.4 Å². The van der Waals surface area contributed by atoms with Crippen molar-refractivity contribution in [2.24, 2.45) is 0 Å². The molecule has 0 spiro atoms. The van der Waals surface area contributed by atoms with Gasteiger partial charge in [0.05, 0.1) is 24.9 Å². The number of aryl methyl sites for hydroxylation is 2. The monoisotopic (exact) mass is 190 g/mol. The van der Waals surface area contributed by atoms with Crippen molar-refractivity contribution in [2.75, 3.05) is 6.61 Å². The van der Waals surface area contributed by atoms with E-state index < -0.39 is 0 Å². The minimum atomic E-state index is 0.129. The van der Waals surface area contributed by atoms with Crippen LogP contribution in [0.1, 0.15) is 11.1 Å². The van der Waals surface area contributed by atoms with Crippen LogP contribution in [0.5, 0.6) is 0 Å². The molecule has 3 nitrogen and oxygen atoms in total. The number of aliphatic hydroxyl groups excluding tert-OH is 1. The number of aliphatic hydroxyl groups is 1. The molecule has 0 fully saturated rings. The molecule has 0 saturated heterocycles. The zero-order valence-electron chi connectivity index (χ0n) is 8.49. The van der Waals surface area contributed by atoms with Gasteiger partial charge in [-0.3, -0.25) is 4.68 Å². The first-order valence-corrected chi connectivity index (χ1v) is 4.76. The Balaban J connectivity index is 2.64. The number of hydrogen-bond donors (Lipinski definition) is 1. The molecule has 0 radical (unpaired) electrons. The van der Waals surface area contributed by atoms with Crippen LogP contribution in [-0.2, 0) is 6.54 Å². The standard InChI is InChI=1S/C11H14N2O/c1-8-3-4-11-10(9(8)2)7-12-13(11)5-6-14/h3-4,7,14H,5-6H2,1-2H3. The van der Waals surface area contributed by atoms with Gasteiger partial charge < -0.3 is 5.11 Å². The van der Waals surface area contributed by atoms with Gasteiger partial charge in [-0.15, -0.1) is 0 Å². The fourth-order valence-electron chi connectivity index (χ4n) is 1.67. The predicted molar refractivity (Wildman–Crippen MR) is 56.3 cm³/mol. The first-order chi connectivity index (χ1) is 6.74. The average molecular weight is 190 g/mol. The molecular formula is C11H14N2O. The van der Waals surface area contributed by atoms with Gasteiger partial charge in [0, 0.05) is 5.39 Å². The molecule has 1 aromatic heterocycles. The van der Waals surface area contributed by atoms with Crippen molar-refractivity contribution in [3.05, 3.63) is 29.5 Å². The van der Waals surface area contributed by atoms with Gasteiger partial charge in [0.25, 0.3) is 0 Å². The largest absolute Gasteiger partial charge is 0.394 e. The number of hydrogen-bond acceptors (Lipinski definition) is 2. The zero-order chi connectivity index (χ0) is 10.1. The van der Waals surface area contributed by atoms with E-state index >= 15 is 0 Å². The molecule has 0 unspecified atom stereocenters. The van der Waals surface area contributed by atoms with Gasteiger partial charge in [0.2, 0.25) is 0 Å². The number of benzene rings is 1. The molecule has 0 saturated carbocycles. The molecule has 74 valence electrons. The summed E-state index contributed by atoms with van der Waals surface area (Å²) in [7, 11) is 0. The Morgan fingerprint density at radius 2 is 2.14 bits per heavy atom. The first-order valence-electron chi connectivity index (χ1n) is 4.76. The van der Waals surface area contributed by atoms with Crippen molar-refractivity contribution in [1.82, 2.24) is 9.78 Å². The van der Waals surface area contributed by atoms with Crippen LogP contribution in [0.4, 0.5) is 0 Å². The number of aromatic nitrogens is 2. The van der Waals surface area contributed by atoms with Crippen LogP contribution in [0, 0.1) is 13.8 Å². The highest BCUT2D eigenvalue weighted by molar-refractivity contribution is 5.83. The van der Waals surface area contributed by atoms with E-state index in [4.69, 9.17) is 5.11 Å². The molecule has 0 amide bonds. The normalized spacial score (nSPS) is 11.1. The van der Waals surface area contributed by atoms with Crippen LogP contribution in [0.15, 0.2) is 18.3 Å². The molecule has 14 heavy (non-hydrogen) atoms. The molecule has 2 aromatic rings. The SMILES string of the molecule is Cc1ccc2c(cnn2CCO)c1C. The molecule has 2 rings (SSSR count). The van der Waals surface area contributed by atoms with Crippen molar-refractivity contribution in [3.63, 3.8) is 0 Å². The van der Waals surface area contributed by atoms with Crippen LogP contribution in [0.25, 0.3) is 10.9 Å². The smallest absolute Gasteiger partial charge is 0.0686 e. The minimum Gasteiger partial charge on any atom is -0.394 e. The topological polar surface area (TPSA) is 38.0 Å². The summed E-state index contributed by atoms with van der Waals surface area (Å²) >= 11 is 0. The summed E-state index contributed by atoms with van der Waals surface area (Å²) in [5, 5.41) is 14.3. The van der Waals surface area contributed by atoms with Gasteiger partial charge in [-0.25, -0.2) is 0 Å². The van der Waals surface area contributed by atoms with Crippen LogP contribution in [0.2, 0.25) is 0 Å². The van der Waals surface area contributed by atoms with Gasteiger partial charge in [0.1, 0.15) is 0 Å². The van der Waals surface area contributed by atoms with Crippen molar-refractivity contribution < 1.29 is 5.11 Å². The third-order valence-corrected chi connectivity index (χ3v) is 2.68. The summed E-state index contributed by atoms with van der Waals surface area (Å²) in [5.41, 5.74) is 3.65. The molecule has 0 aliphatic carbocycles. The molecule has 1 heterocycles. The van der Waals surface area contributed by atoms with E-state index in [1.807, 2.05) is 10.9 Å². The maximum Gasteiger partial charge on any atom is 0.0686 e. The van der Waals surface area contributed by atoms with E-state index in [1.165, 1.54) is 16.5 Å². The Morgan fingerprint density at radius 3 is 2.86 bits per heavy atom. The van der Waals surface area contributed by atoms with Crippen molar-refractivity contribution in [1.29, 1.82) is 0 Å². The van der Waals surface area contributed by atoms with Crippen molar-refractivity contribution in [3.8, 4) is 0 Å². The molecule has 0 aliphatic rings. The van der Waals surface area contributed by atoms with E-state index in [-0.39, 0.29) is 6.61 Å². The lowest BCUT2D eigenvalue weighted by molar-refractivity contribution is 0.271. The summed E-state index contributed by atoms with van der Waals surface area (Å²) in [6, 6.07) is 4.15. The highest BCUT2D eigenvalue weighted by atomic mass is 16.3. The Kier molecular flexibility index (Phi) is 2.25. The number of fused-ring (bicyclic) bond motifs is 1. The zero-order valence-corrected chi connectivity index (χ0v) is 8.49. The second-order valence-corrected chi connectivity index (χ2v) is 3.53. The Morgan fingerprint density at radius 1 is 1.36 bits per heavy atom. The Hall–Kier alpha value is -1.35. The maximum absolute atomic E-state index is 8.86. The molecule has 0 atom stereocenters. The molecule has 3 heteroatoms. The predicted octanol–water partition coefficient (Wildman–Crippen LogP) is 1.65. The summed E-state index contributed by atoms with van der Waals surface area (Å²) in [6.45, 7) is 4.89. The molecular weight excluding hydrogens is 176 g/mol. The number of rotatable bonds is 2. The fourth-order valence-corrected chi connectivity index (χ4v) is 1.67. The Labute approximate surface area is 83.0 Å². The van der Waals surface area contributed by atoms with Gasteiger partial charge >= 0.3 is 0 Å². The third kappa shape index (κ3) is 1.30. The van der Waals surface area contributed by atoms with Crippen LogP contribution < -0.4 is 0 Å². The van der Waals surface area contributed by atoms with E-state index in [2.05, 4.69) is 31.1 Å². The Bertz CT molecular complexity index is 460. The highest BCUT2D eigenvalue weighted by Crippen LogP contribution is 2.20. The fraction of sp³-hybridized carbons (Fsp3) is 0.364. The average Bonchev–Trinajstić information content (AvgIpc) is 2.57. The molecule has 1 N–H and O–H groups in total. The van der Waals surface area contributed by atoms with Crippen LogP contribution in [-0.4, -0.2) is 21.5 Å². The first kappa shape index (κ1) is 9.21. The lowest BCUT2D eigenvalue weighted by Crippen LogP contribution is -2.03. The molecule has 0 bridgehead atoms. The van der Waals surface area contributed by atoms with Gasteiger partial charge in [-0.1, -0.05) is 6.07 Å². The van der Waals surface area contributed by atoms with E-state index in [0.717, 1.165) is 5.52 Å². The van der Waals surface area contributed by atoms with Crippen LogP contribution in [0.3, 0.4) is 0 Å². The summed E-state index contributed by atoms with van der Waals surface area (Å²) in [4.78, 5) is 0. The highest BCUT2D eigenvalue weighted by Gasteiger charge is 2.05. The molecule has 0 aliphatic heterocycles. The summed E-state index contributed by atoms with van der Waals surface area (Å²) in [6.07, 6.45) is 1.87. The molecule has 1 aromatic carbocycles. The van der Waals surface area contributed by atoms with Gasteiger partial charge in [0.15, 0.2) is 0 Å². The van der Waals surface area contributed by atoms with E-state index in [0.29, 0.717) is 6.54 Å². The van der Waals surface area contributed by atoms with E-state index in [1.54, 1.807) is 0 Å². The summed E-state index contributed by atoms with van der Waals surface area (Å²) in [5.74, 6) is 0. The van der Waals surface area contributed by atoms with Crippen molar-refractivity contribution >= 4 is 10.9 Å². The lowest BCUT2D eigenvalue weighted by Gasteiger charge is -2.03. The lowest BCUT2D eigenvalue weighted by atomic mass is 10.1. The maximum atomic E-state index is 8.86. The van der Waals surface area contributed by atoms with Gasteiger partial charge in [-0.05, 0) is 31.0 Å². The minimum absolute atomic E-state index is 0.129. The summed E-state index contributed by atoms with van der Waals surface area (Å²) < 4.78 is 1.84. The quantitative estimate of drug-likeness (QED) is 0.781. The third-order valence-electron chi connectivity index (χ3n) is 2.68. The van der Waals surface area contributed by atoms with Gasteiger partial charge in [-0.2, -0.15) is 5.10 Å². The second-order valence-electron chi connectivity index (χ2n) is 3.53. The van der Waals surface area contributed by atoms with Crippen LogP contribution >= 0.6 is 0 Å². The number of nitrogens with zero attached hydrogens (tertiary/aromatic N) is 2. The van der Waals surface area contributed by atoms with E-state index in [9.17, 15) is 0 Å². The second kappa shape index (κ2) is 3.42.